The quantitative estimate of drug-likeness (QED) is 0.838. The van der Waals surface area contributed by atoms with Crippen molar-refractivity contribution in [3.8, 4) is 0 Å². The third kappa shape index (κ3) is 4.25. The van der Waals surface area contributed by atoms with Crippen LogP contribution in [-0.2, 0) is 11.3 Å². The second-order valence-electron chi connectivity index (χ2n) is 4.36. The third-order valence-electron chi connectivity index (χ3n) is 2.66. The van der Waals surface area contributed by atoms with E-state index in [2.05, 4.69) is 26.6 Å². The normalized spacial score (nSPS) is 10.2. The first kappa shape index (κ1) is 14.9. The van der Waals surface area contributed by atoms with Crippen molar-refractivity contribution in [2.24, 2.45) is 0 Å². The first-order valence-electron chi connectivity index (χ1n) is 6.10. The van der Waals surface area contributed by atoms with Crippen LogP contribution in [0.4, 0.5) is 11.4 Å². The number of benzene rings is 2. The van der Waals surface area contributed by atoms with E-state index in [1.54, 1.807) is 0 Å². The lowest BCUT2D eigenvalue weighted by atomic mass is 10.2. The van der Waals surface area contributed by atoms with E-state index in [1.165, 1.54) is 6.92 Å². The van der Waals surface area contributed by atoms with Crippen molar-refractivity contribution < 1.29 is 4.79 Å². The first-order chi connectivity index (χ1) is 9.54. The number of anilines is 2. The van der Waals surface area contributed by atoms with E-state index in [1.807, 2.05) is 42.5 Å². The Labute approximate surface area is 131 Å². The molecule has 0 bridgehead atoms. The summed E-state index contributed by atoms with van der Waals surface area (Å²) in [6, 6.07) is 13.4. The zero-order valence-corrected chi connectivity index (χ0v) is 13.3. The molecule has 3 nitrogen and oxygen atoms in total. The maximum atomic E-state index is 11.0. The Morgan fingerprint density at radius 1 is 1.20 bits per heavy atom. The standard InChI is InChI=1S/C15H14BrClN2O/c1-10(20)19-13-4-2-3-12(8-13)18-9-11-5-6-14(16)15(17)7-11/h2-8,18H,9H2,1H3,(H,19,20). The molecular formula is C15H14BrClN2O. The zero-order valence-electron chi connectivity index (χ0n) is 10.9. The van der Waals surface area contributed by atoms with Gasteiger partial charge in [-0.05, 0) is 51.8 Å². The van der Waals surface area contributed by atoms with Gasteiger partial charge in [-0.2, -0.15) is 0 Å². The molecule has 0 aliphatic carbocycles. The highest BCUT2D eigenvalue weighted by molar-refractivity contribution is 9.10. The highest BCUT2D eigenvalue weighted by Crippen LogP contribution is 2.24. The van der Waals surface area contributed by atoms with Crippen molar-refractivity contribution in [2.45, 2.75) is 13.5 Å². The van der Waals surface area contributed by atoms with Crippen molar-refractivity contribution in [1.82, 2.24) is 0 Å². The monoisotopic (exact) mass is 352 g/mol. The summed E-state index contributed by atoms with van der Waals surface area (Å²) < 4.78 is 0.885. The fraction of sp³-hybridized carbons (Fsp3) is 0.133. The van der Waals surface area contributed by atoms with E-state index in [0.717, 1.165) is 21.4 Å². The molecule has 0 aromatic heterocycles. The molecule has 2 aromatic rings. The minimum Gasteiger partial charge on any atom is -0.381 e. The molecule has 0 saturated carbocycles. The molecule has 20 heavy (non-hydrogen) atoms. The van der Waals surface area contributed by atoms with Crippen molar-refractivity contribution in [3.05, 3.63) is 57.5 Å². The predicted molar refractivity (Wildman–Crippen MR) is 87.2 cm³/mol. The Kier molecular flexibility index (Phi) is 5.04. The van der Waals surface area contributed by atoms with Gasteiger partial charge in [-0.3, -0.25) is 4.79 Å². The Hall–Kier alpha value is -1.52. The molecule has 0 saturated heterocycles. The smallest absolute Gasteiger partial charge is 0.221 e. The molecule has 0 atom stereocenters. The molecule has 2 N–H and O–H groups in total. The molecule has 5 heteroatoms. The second-order valence-corrected chi connectivity index (χ2v) is 5.63. The van der Waals surface area contributed by atoms with Gasteiger partial charge in [0.25, 0.3) is 0 Å². The molecule has 1 amide bonds. The average Bonchev–Trinajstić information content (AvgIpc) is 2.40. The maximum absolute atomic E-state index is 11.0. The molecule has 0 unspecified atom stereocenters. The van der Waals surface area contributed by atoms with Crippen LogP contribution in [0.15, 0.2) is 46.9 Å². The van der Waals surface area contributed by atoms with Gasteiger partial charge in [0.05, 0.1) is 5.02 Å². The van der Waals surface area contributed by atoms with Crippen LogP contribution in [0.5, 0.6) is 0 Å². The summed E-state index contributed by atoms with van der Waals surface area (Å²) in [6.07, 6.45) is 0. The van der Waals surface area contributed by atoms with Gasteiger partial charge < -0.3 is 10.6 Å². The second kappa shape index (κ2) is 6.77. The van der Waals surface area contributed by atoms with Crippen LogP contribution < -0.4 is 10.6 Å². The van der Waals surface area contributed by atoms with Gasteiger partial charge in [-0.1, -0.05) is 23.7 Å². The molecular weight excluding hydrogens is 340 g/mol. The highest BCUT2D eigenvalue weighted by Gasteiger charge is 2.01. The van der Waals surface area contributed by atoms with Crippen LogP contribution in [-0.4, -0.2) is 5.91 Å². The molecule has 0 heterocycles. The average molecular weight is 354 g/mol. The topological polar surface area (TPSA) is 41.1 Å². The molecule has 2 rings (SSSR count). The number of hydrogen-bond donors (Lipinski definition) is 2. The predicted octanol–water partition coefficient (Wildman–Crippen LogP) is 4.67. The van der Waals surface area contributed by atoms with Crippen LogP contribution >= 0.6 is 27.5 Å². The molecule has 0 aliphatic heterocycles. The van der Waals surface area contributed by atoms with E-state index in [-0.39, 0.29) is 5.91 Å². The van der Waals surface area contributed by atoms with E-state index in [0.29, 0.717) is 11.6 Å². The Morgan fingerprint density at radius 3 is 2.65 bits per heavy atom. The SMILES string of the molecule is CC(=O)Nc1cccc(NCc2ccc(Br)c(Cl)c2)c1. The summed E-state index contributed by atoms with van der Waals surface area (Å²) in [6.45, 7) is 2.15. The van der Waals surface area contributed by atoms with Crippen molar-refractivity contribution in [1.29, 1.82) is 0 Å². The largest absolute Gasteiger partial charge is 0.381 e. The molecule has 0 fully saturated rings. The van der Waals surface area contributed by atoms with Gasteiger partial charge in [0.15, 0.2) is 0 Å². The van der Waals surface area contributed by atoms with Crippen LogP contribution in [0.2, 0.25) is 5.02 Å². The van der Waals surface area contributed by atoms with Crippen LogP contribution in [0.1, 0.15) is 12.5 Å². The van der Waals surface area contributed by atoms with Crippen LogP contribution in [0.25, 0.3) is 0 Å². The number of carbonyl (C=O) groups is 1. The molecule has 0 aliphatic rings. The van der Waals surface area contributed by atoms with Crippen molar-refractivity contribution >= 4 is 44.8 Å². The van der Waals surface area contributed by atoms with Gasteiger partial charge in [-0.15, -0.1) is 0 Å². The fourth-order valence-corrected chi connectivity index (χ4v) is 2.21. The number of amides is 1. The van der Waals surface area contributed by atoms with Crippen LogP contribution in [0.3, 0.4) is 0 Å². The van der Waals surface area contributed by atoms with E-state index >= 15 is 0 Å². The van der Waals surface area contributed by atoms with Crippen molar-refractivity contribution in [3.63, 3.8) is 0 Å². The van der Waals surface area contributed by atoms with E-state index in [4.69, 9.17) is 11.6 Å². The first-order valence-corrected chi connectivity index (χ1v) is 7.27. The fourth-order valence-electron chi connectivity index (χ4n) is 1.76. The minimum absolute atomic E-state index is 0.0816. The number of halogens is 2. The third-order valence-corrected chi connectivity index (χ3v) is 3.90. The summed E-state index contributed by atoms with van der Waals surface area (Å²) in [5.41, 5.74) is 2.80. The van der Waals surface area contributed by atoms with Gasteiger partial charge in [-0.25, -0.2) is 0 Å². The molecule has 0 radical (unpaired) electrons. The number of nitrogens with one attached hydrogen (secondary N) is 2. The molecule has 0 spiro atoms. The lowest BCUT2D eigenvalue weighted by Gasteiger charge is -2.09. The summed E-state index contributed by atoms with van der Waals surface area (Å²) in [5, 5.41) is 6.74. The van der Waals surface area contributed by atoms with Gasteiger partial charge in [0.1, 0.15) is 0 Å². The van der Waals surface area contributed by atoms with Gasteiger partial charge in [0, 0.05) is 29.3 Å². The Bertz CT molecular complexity index is 631. The summed E-state index contributed by atoms with van der Waals surface area (Å²) in [5.74, 6) is -0.0816. The van der Waals surface area contributed by atoms with Crippen LogP contribution in [0, 0.1) is 0 Å². The minimum atomic E-state index is -0.0816. The Balaban J connectivity index is 2.03. The number of hydrogen-bond acceptors (Lipinski definition) is 2. The highest BCUT2D eigenvalue weighted by atomic mass is 79.9. The van der Waals surface area contributed by atoms with Crippen molar-refractivity contribution in [2.75, 3.05) is 10.6 Å². The summed E-state index contributed by atoms with van der Waals surface area (Å²) in [7, 11) is 0. The summed E-state index contributed by atoms with van der Waals surface area (Å²) in [4.78, 5) is 11.0. The zero-order chi connectivity index (χ0) is 14.5. The molecule has 2 aromatic carbocycles. The van der Waals surface area contributed by atoms with Gasteiger partial charge >= 0.3 is 0 Å². The van der Waals surface area contributed by atoms with Gasteiger partial charge in [0.2, 0.25) is 5.91 Å². The maximum Gasteiger partial charge on any atom is 0.221 e. The molecule has 104 valence electrons. The lowest BCUT2D eigenvalue weighted by Crippen LogP contribution is -2.06. The Morgan fingerprint density at radius 2 is 1.95 bits per heavy atom. The summed E-state index contributed by atoms with van der Waals surface area (Å²) >= 11 is 9.42. The lowest BCUT2D eigenvalue weighted by molar-refractivity contribution is -0.114. The number of rotatable bonds is 4. The number of carbonyl (C=O) groups excluding carboxylic acids is 1. The van der Waals surface area contributed by atoms with E-state index < -0.39 is 0 Å². The van der Waals surface area contributed by atoms with E-state index in [9.17, 15) is 4.79 Å².